The van der Waals surface area contributed by atoms with Gasteiger partial charge >= 0.3 is 0 Å². The van der Waals surface area contributed by atoms with Crippen molar-refractivity contribution in [2.24, 2.45) is 0 Å². The third kappa shape index (κ3) is 5.72. The Morgan fingerprint density at radius 3 is 2.29 bits per heavy atom. The predicted octanol–water partition coefficient (Wildman–Crippen LogP) is 5.20. The summed E-state index contributed by atoms with van der Waals surface area (Å²) < 4.78 is 5.87. The Morgan fingerprint density at radius 2 is 1.55 bits per heavy atom. The molecule has 0 aromatic heterocycles. The molecule has 0 spiro atoms. The van der Waals surface area contributed by atoms with E-state index in [4.69, 9.17) is 4.74 Å². The Bertz CT molecular complexity index is 1060. The van der Waals surface area contributed by atoms with Crippen LogP contribution in [0.15, 0.2) is 72.8 Å². The average molecular weight is 417 g/mol. The van der Waals surface area contributed by atoms with Crippen molar-refractivity contribution < 1.29 is 14.3 Å². The molecular weight excluding hydrogens is 388 g/mol. The van der Waals surface area contributed by atoms with Crippen LogP contribution >= 0.6 is 0 Å². The second-order valence-electron chi connectivity index (χ2n) is 7.67. The molecular formula is C26H28N2O3. The van der Waals surface area contributed by atoms with E-state index in [1.807, 2.05) is 69.3 Å². The molecule has 0 aliphatic rings. The molecule has 0 fully saturated rings. The monoisotopic (exact) mass is 416 g/mol. The van der Waals surface area contributed by atoms with Crippen LogP contribution in [-0.2, 0) is 4.79 Å². The average Bonchev–Trinajstić information content (AvgIpc) is 2.77. The van der Waals surface area contributed by atoms with Crippen molar-refractivity contribution in [2.75, 3.05) is 5.32 Å². The summed E-state index contributed by atoms with van der Waals surface area (Å²) in [5.74, 6) is 0.0954. The molecule has 5 nitrogen and oxygen atoms in total. The van der Waals surface area contributed by atoms with Crippen molar-refractivity contribution in [1.82, 2.24) is 5.32 Å². The van der Waals surface area contributed by atoms with Crippen LogP contribution in [0.1, 0.15) is 46.9 Å². The van der Waals surface area contributed by atoms with Crippen LogP contribution in [0.4, 0.5) is 5.69 Å². The van der Waals surface area contributed by atoms with Crippen LogP contribution in [0.25, 0.3) is 0 Å². The van der Waals surface area contributed by atoms with Crippen molar-refractivity contribution in [3.8, 4) is 5.75 Å². The van der Waals surface area contributed by atoms with Gasteiger partial charge in [-0.25, -0.2) is 0 Å². The van der Waals surface area contributed by atoms with Crippen molar-refractivity contribution in [2.45, 2.75) is 39.8 Å². The molecule has 3 aromatic rings. The van der Waals surface area contributed by atoms with Gasteiger partial charge in [0.25, 0.3) is 11.8 Å². The van der Waals surface area contributed by atoms with Gasteiger partial charge in [0.1, 0.15) is 5.75 Å². The fraction of sp³-hybridized carbons (Fsp3) is 0.231. The summed E-state index contributed by atoms with van der Waals surface area (Å²) in [5, 5.41) is 5.82. The number of anilines is 1. The molecule has 0 bridgehead atoms. The zero-order valence-corrected chi connectivity index (χ0v) is 18.3. The topological polar surface area (TPSA) is 67.4 Å². The molecule has 0 aliphatic carbocycles. The fourth-order valence-corrected chi connectivity index (χ4v) is 3.20. The minimum absolute atomic E-state index is 0.163. The molecule has 160 valence electrons. The molecule has 2 amide bonds. The Hall–Kier alpha value is -3.60. The lowest BCUT2D eigenvalue weighted by Crippen LogP contribution is -2.32. The summed E-state index contributed by atoms with van der Waals surface area (Å²) in [6.07, 6.45) is -0.722. The molecule has 3 rings (SSSR count). The van der Waals surface area contributed by atoms with Gasteiger partial charge in [-0.2, -0.15) is 0 Å². The second kappa shape index (κ2) is 9.94. The van der Waals surface area contributed by atoms with Gasteiger partial charge in [0.15, 0.2) is 6.10 Å². The summed E-state index contributed by atoms with van der Waals surface area (Å²) in [6.45, 7) is 7.53. The lowest BCUT2D eigenvalue weighted by Gasteiger charge is -2.19. The summed E-state index contributed by atoms with van der Waals surface area (Å²) in [5.41, 5.74) is 3.87. The Labute approximate surface area is 183 Å². The minimum Gasteiger partial charge on any atom is -0.481 e. The van der Waals surface area contributed by atoms with E-state index in [0.29, 0.717) is 17.0 Å². The summed E-state index contributed by atoms with van der Waals surface area (Å²) in [7, 11) is 0. The fourth-order valence-electron chi connectivity index (χ4n) is 3.20. The van der Waals surface area contributed by atoms with Crippen LogP contribution < -0.4 is 15.4 Å². The highest BCUT2D eigenvalue weighted by molar-refractivity contribution is 6.04. The van der Waals surface area contributed by atoms with Gasteiger partial charge in [0.2, 0.25) is 0 Å². The number of benzene rings is 3. The lowest BCUT2D eigenvalue weighted by molar-refractivity contribution is -0.122. The highest BCUT2D eigenvalue weighted by Crippen LogP contribution is 2.22. The van der Waals surface area contributed by atoms with Gasteiger partial charge in [0.05, 0.1) is 17.3 Å². The molecule has 0 heterocycles. The van der Waals surface area contributed by atoms with Crippen LogP contribution in [0, 0.1) is 13.8 Å². The van der Waals surface area contributed by atoms with Crippen LogP contribution in [-0.4, -0.2) is 17.9 Å². The molecule has 2 atom stereocenters. The number of carbonyl (C=O) groups excluding carboxylic acids is 2. The van der Waals surface area contributed by atoms with Crippen molar-refractivity contribution in [3.63, 3.8) is 0 Å². The molecule has 0 saturated heterocycles. The van der Waals surface area contributed by atoms with Gasteiger partial charge in [-0.15, -0.1) is 0 Å². The summed E-state index contributed by atoms with van der Waals surface area (Å²) in [4.78, 5) is 25.6. The van der Waals surface area contributed by atoms with E-state index in [1.165, 1.54) is 0 Å². The number of para-hydroxylation sites is 1. The number of hydrogen-bond acceptors (Lipinski definition) is 3. The number of rotatable bonds is 7. The SMILES string of the molecule is Cc1ccc(C)c(O[C@@H](C)C(=O)Nc2ccccc2C(=O)N[C@H](C)c2ccccc2)c1. The maximum absolute atomic E-state index is 12.9. The molecule has 0 unspecified atom stereocenters. The van der Waals surface area contributed by atoms with Crippen molar-refractivity contribution in [1.29, 1.82) is 0 Å². The largest absolute Gasteiger partial charge is 0.481 e. The summed E-state index contributed by atoms with van der Waals surface area (Å²) >= 11 is 0. The second-order valence-corrected chi connectivity index (χ2v) is 7.67. The number of aryl methyl sites for hydroxylation is 2. The molecule has 0 radical (unpaired) electrons. The number of amides is 2. The van der Waals surface area contributed by atoms with Gasteiger partial charge in [-0.05, 0) is 62.6 Å². The van der Waals surface area contributed by atoms with E-state index in [9.17, 15) is 9.59 Å². The molecule has 0 saturated carbocycles. The van der Waals surface area contributed by atoms with E-state index in [0.717, 1.165) is 16.7 Å². The maximum Gasteiger partial charge on any atom is 0.265 e. The predicted molar refractivity (Wildman–Crippen MR) is 123 cm³/mol. The standard InChI is InChI=1S/C26H28N2O3/c1-17-14-15-18(2)24(16-17)31-20(4)25(29)28-23-13-9-8-12-22(23)26(30)27-19(3)21-10-6-5-7-11-21/h5-16,19-20H,1-4H3,(H,27,30)(H,28,29)/t19-,20+/m1/s1. The molecule has 0 aliphatic heterocycles. The number of nitrogens with one attached hydrogen (secondary N) is 2. The van der Waals surface area contributed by atoms with Crippen LogP contribution in [0.5, 0.6) is 5.75 Å². The highest BCUT2D eigenvalue weighted by atomic mass is 16.5. The van der Waals surface area contributed by atoms with Gasteiger partial charge in [-0.1, -0.05) is 54.6 Å². The maximum atomic E-state index is 12.9. The first kappa shape index (κ1) is 22.1. The summed E-state index contributed by atoms with van der Waals surface area (Å²) in [6, 6.07) is 22.4. The van der Waals surface area contributed by atoms with Crippen LogP contribution in [0.2, 0.25) is 0 Å². The smallest absolute Gasteiger partial charge is 0.265 e. The van der Waals surface area contributed by atoms with E-state index in [1.54, 1.807) is 31.2 Å². The number of ether oxygens (including phenoxy) is 1. The Balaban J connectivity index is 1.70. The molecule has 5 heteroatoms. The van der Waals surface area contributed by atoms with E-state index < -0.39 is 6.10 Å². The third-order valence-electron chi connectivity index (χ3n) is 5.09. The molecule has 2 N–H and O–H groups in total. The van der Waals surface area contributed by atoms with E-state index >= 15 is 0 Å². The van der Waals surface area contributed by atoms with Crippen molar-refractivity contribution >= 4 is 17.5 Å². The number of hydrogen-bond donors (Lipinski definition) is 2. The quantitative estimate of drug-likeness (QED) is 0.556. The van der Waals surface area contributed by atoms with Crippen LogP contribution in [0.3, 0.4) is 0 Å². The van der Waals surface area contributed by atoms with E-state index in [-0.39, 0.29) is 17.9 Å². The highest BCUT2D eigenvalue weighted by Gasteiger charge is 2.20. The first-order valence-corrected chi connectivity index (χ1v) is 10.3. The lowest BCUT2D eigenvalue weighted by atomic mass is 10.1. The minimum atomic E-state index is -0.722. The van der Waals surface area contributed by atoms with Crippen molar-refractivity contribution in [3.05, 3.63) is 95.1 Å². The van der Waals surface area contributed by atoms with Gasteiger partial charge < -0.3 is 15.4 Å². The third-order valence-corrected chi connectivity index (χ3v) is 5.09. The number of carbonyl (C=O) groups is 2. The zero-order chi connectivity index (χ0) is 22.4. The normalized spacial score (nSPS) is 12.5. The van der Waals surface area contributed by atoms with E-state index in [2.05, 4.69) is 10.6 Å². The molecule has 3 aromatic carbocycles. The van der Waals surface area contributed by atoms with Gasteiger partial charge in [0, 0.05) is 0 Å². The molecule has 31 heavy (non-hydrogen) atoms. The first-order valence-electron chi connectivity index (χ1n) is 10.3. The zero-order valence-electron chi connectivity index (χ0n) is 18.3. The Morgan fingerprint density at radius 1 is 0.871 bits per heavy atom. The first-order chi connectivity index (χ1) is 14.8. The van der Waals surface area contributed by atoms with Gasteiger partial charge in [-0.3, -0.25) is 9.59 Å². The Kier molecular flexibility index (Phi) is 7.08.